The second-order valence-electron chi connectivity index (χ2n) is 4.88. The van der Waals surface area contributed by atoms with Gasteiger partial charge in [0.25, 0.3) is 5.91 Å². The highest BCUT2D eigenvalue weighted by atomic mass is 32.2. The van der Waals surface area contributed by atoms with Gasteiger partial charge >= 0.3 is 6.61 Å². The van der Waals surface area contributed by atoms with Crippen molar-refractivity contribution >= 4 is 21.6 Å². The highest BCUT2D eigenvalue weighted by Gasteiger charge is 2.14. The zero-order valence-electron chi connectivity index (χ0n) is 13.2. The minimum absolute atomic E-state index is 0.0222. The van der Waals surface area contributed by atoms with Gasteiger partial charge in [-0.15, -0.1) is 0 Å². The summed E-state index contributed by atoms with van der Waals surface area (Å²) >= 11 is 0. The van der Waals surface area contributed by atoms with Crippen LogP contribution >= 0.6 is 0 Å². The molecule has 0 aliphatic rings. The van der Waals surface area contributed by atoms with Crippen molar-refractivity contribution < 1.29 is 26.7 Å². The Balaban J connectivity index is 2.06. The molecule has 0 saturated carbocycles. The second-order valence-corrected chi connectivity index (χ2v) is 6.65. The van der Waals surface area contributed by atoms with Crippen molar-refractivity contribution in [3.63, 3.8) is 0 Å². The number of ether oxygens (including phenoxy) is 1. The highest BCUT2D eigenvalue weighted by Crippen LogP contribution is 2.18. The predicted molar refractivity (Wildman–Crippen MR) is 88.3 cm³/mol. The summed E-state index contributed by atoms with van der Waals surface area (Å²) in [6.07, 6.45) is 0. The maximum Gasteiger partial charge on any atom is 0.387 e. The summed E-state index contributed by atoms with van der Waals surface area (Å²) in [6.45, 7) is -0.996. The van der Waals surface area contributed by atoms with E-state index in [4.69, 9.17) is 0 Å². The average Bonchev–Trinajstić information content (AvgIpc) is 2.56. The molecule has 2 aromatic rings. The number of hydrogen-bond acceptors (Lipinski definition) is 4. The van der Waals surface area contributed by atoms with E-state index in [2.05, 4.69) is 14.8 Å². The molecule has 2 rings (SSSR count). The van der Waals surface area contributed by atoms with Crippen molar-refractivity contribution in [2.45, 2.75) is 18.4 Å². The van der Waals surface area contributed by atoms with Crippen molar-refractivity contribution in [2.24, 2.45) is 0 Å². The minimum Gasteiger partial charge on any atom is -0.435 e. The number of rotatable bonds is 7. The molecule has 0 radical (unpaired) electrons. The fourth-order valence-corrected chi connectivity index (χ4v) is 3.02. The Morgan fingerprint density at radius 3 is 2.20 bits per heavy atom. The minimum atomic E-state index is -3.58. The van der Waals surface area contributed by atoms with Crippen molar-refractivity contribution in [1.29, 1.82) is 0 Å². The lowest BCUT2D eigenvalue weighted by Gasteiger charge is -2.08. The van der Waals surface area contributed by atoms with E-state index in [9.17, 15) is 22.0 Å². The second kappa shape index (κ2) is 8.04. The summed E-state index contributed by atoms with van der Waals surface area (Å²) in [5.74, 6) is -0.485. The Kier molecular flexibility index (Phi) is 6.05. The van der Waals surface area contributed by atoms with Gasteiger partial charge in [-0.25, -0.2) is 13.1 Å². The Hall–Kier alpha value is -2.52. The van der Waals surface area contributed by atoms with Crippen LogP contribution in [-0.2, 0) is 10.0 Å². The van der Waals surface area contributed by atoms with Crippen molar-refractivity contribution in [2.75, 3.05) is 11.9 Å². The smallest absolute Gasteiger partial charge is 0.387 e. The third kappa shape index (κ3) is 5.23. The first kappa shape index (κ1) is 18.8. The van der Waals surface area contributed by atoms with Crippen LogP contribution in [0.1, 0.15) is 17.3 Å². The van der Waals surface area contributed by atoms with Crippen LogP contribution in [0, 0.1) is 0 Å². The molecular formula is C16H16F2N2O4S. The summed E-state index contributed by atoms with van der Waals surface area (Å²) in [5.41, 5.74) is 0.638. The molecule has 6 nitrogen and oxygen atoms in total. The number of amides is 1. The van der Waals surface area contributed by atoms with Gasteiger partial charge in [-0.2, -0.15) is 8.78 Å². The van der Waals surface area contributed by atoms with E-state index in [0.717, 1.165) is 0 Å². The van der Waals surface area contributed by atoms with Gasteiger partial charge in [-0.3, -0.25) is 4.79 Å². The molecule has 0 aliphatic carbocycles. The van der Waals surface area contributed by atoms with Gasteiger partial charge in [0.2, 0.25) is 10.0 Å². The van der Waals surface area contributed by atoms with Gasteiger partial charge in [0.15, 0.2) is 0 Å². The third-order valence-corrected chi connectivity index (χ3v) is 4.66. The zero-order valence-corrected chi connectivity index (χ0v) is 14.0. The quantitative estimate of drug-likeness (QED) is 0.785. The number of carbonyl (C=O) groups excluding carboxylic acids is 1. The van der Waals surface area contributed by atoms with Gasteiger partial charge in [0, 0.05) is 17.8 Å². The van der Waals surface area contributed by atoms with E-state index in [1.807, 2.05) is 0 Å². The number of hydrogen-bond donors (Lipinski definition) is 2. The summed E-state index contributed by atoms with van der Waals surface area (Å²) < 4.78 is 54.4. The molecule has 0 unspecified atom stereocenters. The lowest BCUT2D eigenvalue weighted by Crippen LogP contribution is -2.23. The van der Waals surface area contributed by atoms with Crippen LogP contribution in [0.3, 0.4) is 0 Å². The van der Waals surface area contributed by atoms with Crippen LogP contribution in [0.5, 0.6) is 5.75 Å². The van der Waals surface area contributed by atoms with Gasteiger partial charge in [-0.1, -0.05) is 6.92 Å². The Labute approximate surface area is 143 Å². The molecule has 0 saturated heterocycles. The molecule has 0 aromatic heterocycles. The number of halogens is 2. The first-order chi connectivity index (χ1) is 11.8. The molecule has 0 fully saturated rings. The Bertz CT molecular complexity index is 822. The van der Waals surface area contributed by atoms with E-state index < -0.39 is 22.5 Å². The van der Waals surface area contributed by atoms with Crippen LogP contribution in [-0.4, -0.2) is 27.5 Å². The lowest BCUT2D eigenvalue weighted by atomic mass is 10.2. The molecule has 0 spiro atoms. The molecule has 9 heteroatoms. The number of anilines is 1. The monoisotopic (exact) mass is 370 g/mol. The molecule has 134 valence electrons. The van der Waals surface area contributed by atoms with Crippen molar-refractivity contribution in [3.05, 3.63) is 54.1 Å². The van der Waals surface area contributed by atoms with E-state index in [0.29, 0.717) is 5.69 Å². The SMILES string of the molecule is CCNS(=O)(=O)c1ccc(C(=O)Nc2ccc(OC(F)F)cc2)cc1. The fraction of sp³-hybridized carbons (Fsp3) is 0.188. The number of benzene rings is 2. The molecule has 1 amide bonds. The molecule has 2 aromatic carbocycles. The predicted octanol–water partition coefficient (Wildman–Crippen LogP) is 2.84. The number of carbonyl (C=O) groups is 1. The fourth-order valence-electron chi connectivity index (χ4n) is 1.98. The molecule has 0 atom stereocenters. The third-order valence-electron chi connectivity index (χ3n) is 3.10. The van der Waals surface area contributed by atoms with Gasteiger partial charge in [0.05, 0.1) is 4.90 Å². The van der Waals surface area contributed by atoms with Crippen LogP contribution in [0.15, 0.2) is 53.4 Å². The van der Waals surface area contributed by atoms with Crippen LogP contribution < -0.4 is 14.8 Å². The summed E-state index contributed by atoms with van der Waals surface area (Å²) in [6, 6.07) is 10.8. The Morgan fingerprint density at radius 2 is 1.68 bits per heavy atom. The molecule has 25 heavy (non-hydrogen) atoms. The first-order valence-electron chi connectivity index (χ1n) is 7.28. The lowest BCUT2D eigenvalue weighted by molar-refractivity contribution is -0.0498. The highest BCUT2D eigenvalue weighted by molar-refractivity contribution is 7.89. The van der Waals surface area contributed by atoms with Crippen LogP contribution in [0.4, 0.5) is 14.5 Å². The van der Waals surface area contributed by atoms with Crippen LogP contribution in [0.25, 0.3) is 0 Å². The van der Waals surface area contributed by atoms with E-state index in [1.54, 1.807) is 6.92 Å². The molecule has 0 bridgehead atoms. The van der Waals surface area contributed by atoms with Crippen LogP contribution in [0.2, 0.25) is 0 Å². The van der Waals surface area contributed by atoms with E-state index >= 15 is 0 Å². The maximum atomic E-state index is 12.1. The standard InChI is InChI=1S/C16H16F2N2O4S/c1-2-19-25(22,23)14-9-3-11(4-10-14)15(21)20-12-5-7-13(8-6-12)24-16(17)18/h3-10,16,19H,2H2,1H3,(H,20,21). The number of nitrogens with one attached hydrogen (secondary N) is 2. The van der Waals surface area contributed by atoms with Gasteiger partial charge in [0.1, 0.15) is 5.75 Å². The van der Waals surface area contributed by atoms with E-state index in [-0.39, 0.29) is 22.8 Å². The van der Waals surface area contributed by atoms with Gasteiger partial charge < -0.3 is 10.1 Å². The van der Waals surface area contributed by atoms with Crippen molar-refractivity contribution in [3.8, 4) is 5.75 Å². The number of sulfonamides is 1. The largest absolute Gasteiger partial charge is 0.435 e. The average molecular weight is 370 g/mol. The molecular weight excluding hydrogens is 354 g/mol. The van der Waals surface area contributed by atoms with E-state index in [1.165, 1.54) is 48.5 Å². The molecule has 0 aliphatic heterocycles. The first-order valence-corrected chi connectivity index (χ1v) is 8.76. The molecule has 0 heterocycles. The van der Waals surface area contributed by atoms with Crippen molar-refractivity contribution in [1.82, 2.24) is 4.72 Å². The summed E-state index contributed by atoms with van der Waals surface area (Å²) in [4.78, 5) is 12.2. The number of alkyl halides is 2. The zero-order chi connectivity index (χ0) is 18.4. The Morgan fingerprint density at radius 1 is 1.08 bits per heavy atom. The summed E-state index contributed by atoms with van der Waals surface area (Å²) in [7, 11) is -3.58. The van der Waals surface area contributed by atoms with Gasteiger partial charge in [-0.05, 0) is 48.5 Å². The normalized spacial score (nSPS) is 11.4. The summed E-state index contributed by atoms with van der Waals surface area (Å²) in [5, 5.41) is 2.58. The topological polar surface area (TPSA) is 84.5 Å². The molecule has 2 N–H and O–H groups in total. The maximum absolute atomic E-state index is 12.1.